The van der Waals surface area contributed by atoms with E-state index in [9.17, 15) is 0 Å². The molecule has 0 N–H and O–H groups in total. The van der Waals surface area contributed by atoms with Crippen molar-refractivity contribution in [2.45, 2.75) is 0 Å². The van der Waals surface area contributed by atoms with Gasteiger partial charge in [-0.15, -0.1) is 0 Å². The van der Waals surface area contributed by atoms with Gasteiger partial charge in [0.25, 0.3) is 0 Å². The second-order valence-corrected chi connectivity index (χ2v) is 0. The third-order valence-electron chi connectivity index (χ3n) is 0. The van der Waals surface area contributed by atoms with Crippen molar-refractivity contribution < 1.29 is 26.6 Å². The van der Waals surface area contributed by atoms with E-state index in [2.05, 4.69) is 23.0 Å². The molecule has 0 bridgehead atoms. The average Bonchev–Trinajstić information content (AvgIpc) is 1.81. The first-order chi connectivity index (χ1) is 3.00. The maximum atomic E-state index is 7.50. The van der Waals surface area contributed by atoms with Gasteiger partial charge in [-0.1, -0.05) is 0 Å². The fourth-order valence-corrected chi connectivity index (χ4v) is 0. The van der Waals surface area contributed by atoms with E-state index in [1.54, 1.807) is 0 Å². The molecule has 0 unspecified atom stereocenters. The topological polar surface area (TPSA) is 39.8 Å². The SMILES string of the molecule is [C-]#[O+].[C-]#[O+].[CH3-].[Cl][Ru+]. The molecule has 0 aliphatic rings. The van der Waals surface area contributed by atoms with Gasteiger partial charge in [-0.25, -0.2) is 0 Å². The van der Waals surface area contributed by atoms with E-state index in [1.165, 1.54) is 0 Å². The monoisotopic (exact) mass is 208 g/mol. The number of hydrogen-bond donors (Lipinski definition) is 0. The number of hydrogen-bond acceptors (Lipinski definition) is 0. The van der Waals surface area contributed by atoms with Crippen molar-refractivity contribution in [1.29, 1.82) is 0 Å². The number of halogens is 1. The second-order valence-electron chi connectivity index (χ2n) is 0. The van der Waals surface area contributed by atoms with Crippen molar-refractivity contribution >= 4 is 9.69 Å². The molecule has 0 spiro atoms. The summed E-state index contributed by atoms with van der Waals surface area (Å²) in [5.41, 5.74) is 0. The van der Waals surface area contributed by atoms with Crippen LogP contribution in [-0.2, 0) is 26.6 Å². The van der Waals surface area contributed by atoms with E-state index in [1.807, 2.05) is 17.3 Å². The molecule has 0 radical (unpaired) electrons. The molecule has 42 valence electrons. The van der Waals surface area contributed by atoms with Gasteiger partial charge in [0.2, 0.25) is 0 Å². The van der Waals surface area contributed by atoms with E-state index in [-0.39, 0.29) is 7.43 Å². The van der Waals surface area contributed by atoms with Crippen LogP contribution < -0.4 is 0 Å². The van der Waals surface area contributed by atoms with Crippen LogP contribution in [0.2, 0.25) is 0 Å². The van der Waals surface area contributed by atoms with Crippen LogP contribution in [0.5, 0.6) is 0 Å². The Labute approximate surface area is 57.4 Å². The molecule has 0 aliphatic heterocycles. The van der Waals surface area contributed by atoms with E-state index in [0.29, 0.717) is 0 Å². The summed E-state index contributed by atoms with van der Waals surface area (Å²) in [6, 6.07) is 0. The summed E-state index contributed by atoms with van der Waals surface area (Å²) in [5, 5.41) is 0. The second kappa shape index (κ2) is 1200. The molecule has 0 fully saturated rings. The fraction of sp³-hybridized carbons (Fsp3) is 0. The Morgan fingerprint density at radius 1 is 1.00 bits per heavy atom. The Hall–Kier alpha value is 0.393. The molecule has 0 amide bonds. The van der Waals surface area contributed by atoms with E-state index < -0.39 is 0 Å². The molecular weight excluding hydrogens is 205 g/mol. The van der Waals surface area contributed by atoms with Crippen molar-refractivity contribution in [1.82, 2.24) is 0 Å². The van der Waals surface area contributed by atoms with Crippen molar-refractivity contribution in [2.24, 2.45) is 0 Å². The van der Waals surface area contributed by atoms with Gasteiger partial charge in [0, 0.05) is 0 Å². The van der Waals surface area contributed by atoms with Crippen LogP contribution in [0.15, 0.2) is 0 Å². The van der Waals surface area contributed by atoms with Gasteiger partial charge in [0.05, 0.1) is 0 Å². The summed E-state index contributed by atoms with van der Waals surface area (Å²) < 4.78 is 15.0. The van der Waals surface area contributed by atoms with E-state index in [4.69, 9.17) is 9.30 Å². The molecule has 2 nitrogen and oxygen atoms in total. The molecule has 0 atom stereocenters. The third kappa shape index (κ3) is 797. The summed E-state index contributed by atoms with van der Waals surface area (Å²) in [4.78, 5) is 0. The van der Waals surface area contributed by atoms with E-state index >= 15 is 0 Å². The molecule has 0 aromatic rings. The molecule has 0 aromatic heterocycles. The van der Waals surface area contributed by atoms with Crippen LogP contribution in [0.4, 0.5) is 0 Å². The minimum atomic E-state index is 0. The predicted octanol–water partition coefficient (Wildman–Crippen LogP) is 1.06. The Kier molecular flexibility index (Phi) is 4510. The Bertz CT molecular complexity index is 28.4. The zero-order chi connectivity index (χ0) is 6.00. The van der Waals surface area contributed by atoms with Crippen LogP contribution >= 0.6 is 9.69 Å². The van der Waals surface area contributed by atoms with Crippen LogP contribution in [0.3, 0.4) is 0 Å². The molecule has 0 heterocycles. The molecular formula is C3H3ClO2Ru. The van der Waals surface area contributed by atoms with Crippen molar-refractivity contribution in [3.63, 3.8) is 0 Å². The first-order valence-corrected chi connectivity index (χ1v) is 2.78. The van der Waals surface area contributed by atoms with Gasteiger partial charge >= 0.3 is 49.6 Å². The van der Waals surface area contributed by atoms with Crippen molar-refractivity contribution in [3.8, 4) is 0 Å². The maximum absolute atomic E-state index is 7.50. The summed E-state index contributed by atoms with van der Waals surface area (Å²) in [6.45, 7) is 9.00. The van der Waals surface area contributed by atoms with Gasteiger partial charge in [-0.3, -0.25) is 0 Å². The van der Waals surface area contributed by atoms with Crippen LogP contribution in [0, 0.1) is 20.7 Å². The van der Waals surface area contributed by atoms with Crippen molar-refractivity contribution in [3.05, 3.63) is 20.7 Å². The first-order valence-electron chi connectivity index (χ1n) is 0.542. The average molecular weight is 208 g/mol. The summed E-state index contributed by atoms with van der Waals surface area (Å²) >= 11 is 1.82. The molecule has 0 aromatic carbocycles. The summed E-state index contributed by atoms with van der Waals surface area (Å²) in [5.74, 6) is 0. The van der Waals surface area contributed by atoms with Gasteiger partial charge in [0.1, 0.15) is 0 Å². The van der Waals surface area contributed by atoms with Crippen LogP contribution in [-0.4, -0.2) is 0 Å². The normalized spacial score (nSPS) is 1.43. The summed E-state index contributed by atoms with van der Waals surface area (Å²) in [6.07, 6.45) is 0. The minimum absolute atomic E-state index is 0. The van der Waals surface area contributed by atoms with Gasteiger partial charge in [0.15, 0.2) is 0 Å². The molecule has 4 heteroatoms. The van der Waals surface area contributed by atoms with Gasteiger partial charge < -0.3 is 7.43 Å². The zero-order valence-electron chi connectivity index (χ0n) is 3.55. The molecule has 0 saturated heterocycles. The third-order valence-corrected chi connectivity index (χ3v) is 0. The first kappa shape index (κ1) is 26.2. The standard InChI is InChI=1S/2CO.CH3.ClH.Ru/c2*1-2;;;/h;;1H3;1H;/q;;-1;;+2/p-1. The quantitative estimate of drug-likeness (QED) is 0.324. The van der Waals surface area contributed by atoms with Gasteiger partial charge in [-0.05, 0) is 0 Å². The molecule has 7 heavy (non-hydrogen) atoms. The van der Waals surface area contributed by atoms with E-state index in [0.717, 1.165) is 0 Å². The zero-order valence-corrected chi connectivity index (χ0v) is 6.04. The molecule has 0 saturated carbocycles. The van der Waals surface area contributed by atoms with Gasteiger partial charge in [-0.2, -0.15) is 0 Å². The predicted molar refractivity (Wildman–Crippen MR) is 20.1 cm³/mol. The molecule has 0 rings (SSSR count). The Morgan fingerprint density at radius 2 is 1.00 bits per heavy atom. The molecule has 0 aliphatic carbocycles. The number of rotatable bonds is 0. The summed E-state index contributed by atoms with van der Waals surface area (Å²) in [7, 11) is 4.57. The fourth-order valence-electron chi connectivity index (χ4n) is 0. The van der Waals surface area contributed by atoms with Crippen LogP contribution in [0.25, 0.3) is 0 Å². The Morgan fingerprint density at radius 3 is 1.00 bits per heavy atom. The van der Waals surface area contributed by atoms with Crippen LogP contribution in [0.1, 0.15) is 0 Å². The van der Waals surface area contributed by atoms with Crippen molar-refractivity contribution in [2.75, 3.05) is 0 Å². The Balaban J connectivity index is -0.00000000900.